The van der Waals surface area contributed by atoms with Gasteiger partial charge < -0.3 is 15.0 Å². The molecule has 1 aromatic carbocycles. The highest BCUT2D eigenvalue weighted by atomic mass is 19.1. The Hall–Kier alpha value is -2.57. The first kappa shape index (κ1) is 17.3. The van der Waals surface area contributed by atoms with E-state index in [9.17, 15) is 9.18 Å². The molecule has 0 radical (unpaired) electrons. The van der Waals surface area contributed by atoms with Crippen LogP contribution in [-0.4, -0.2) is 47.0 Å². The van der Waals surface area contributed by atoms with Crippen molar-refractivity contribution in [3.63, 3.8) is 0 Å². The fraction of sp³-hybridized carbons (Fsp3) is 0.444. The average Bonchev–Trinajstić information content (AvgIpc) is 3.15. The van der Waals surface area contributed by atoms with Crippen molar-refractivity contribution in [3.05, 3.63) is 48.5 Å². The fourth-order valence-corrected chi connectivity index (χ4v) is 2.98. The van der Waals surface area contributed by atoms with Crippen LogP contribution in [0.15, 0.2) is 42.7 Å². The minimum atomic E-state index is -0.355. The molecule has 2 aromatic rings. The normalized spacial score (nSPS) is 17.3. The maximum Gasteiger partial charge on any atom is 0.317 e. The Bertz CT molecular complexity index is 677. The van der Waals surface area contributed by atoms with Gasteiger partial charge in [-0.3, -0.25) is 4.68 Å². The predicted molar refractivity (Wildman–Crippen MR) is 91.8 cm³/mol. The summed E-state index contributed by atoms with van der Waals surface area (Å²) in [7, 11) is 0. The Balaban J connectivity index is 1.42. The van der Waals surface area contributed by atoms with Crippen molar-refractivity contribution in [1.29, 1.82) is 0 Å². The highest BCUT2D eigenvalue weighted by Gasteiger charge is 2.24. The van der Waals surface area contributed by atoms with Crippen LogP contribution >= 0.6 is 0 Å². The zero-order valence-electron chi connectivity index (χ0n) is 14.1. The van der Waals surface area contributed by atoms with Crippen LogP contribution in [-0.2, 0) is 6.54 Å². The summed E-state index contributed by atoms with van der Waals surface area (Å²) in [6.07, 6.45) is 5.49. The van der Waals surface area contributed by atoms with Crippen LogP contribution in [0.1, 0.15) is 12.8 Å². The molecule has 0 unspecified atom stereocenters. The van der Waals surface area contributed by atoms with Gasteiger partial charge in [0, 0.05) is 37.9 Å². The van der Waals surface area contributed by atoms with Gasteiger partial charge in [0.1, 0.15) is 0 Å². The van der Waals surface area contributed by atoms with E-state index in [0.717, 1.165) is 19.4 Å². The molecular formula is C18H23FN4O2. The van der Waals surface area contributed by atoms with Crippen LogP contribution in [0.4, 0.5) is 9.18 Å². The van der Waals surface area contributed by atoms with Gasteiger partial charge in [-0.1, -0.05) is 12.1 Å². The topological polar surface area (TPSA) is 59.4 Å². The van der Waals surface area contributed by atoms with E-state index in [1.165, 1.54) is 6.07 Å². The molecule has 0 saturated carbocycles. The van der Waals surface area contributed by atoms with Gasteiger partial charge in [-0.25, -0.2) is 9.18 Å². The minimum Gasteiger partial charge on any atom is -0.490 e. The molecule has 0 spiro atoms. The van der Waals surface area contributed by atoms with Crippen molar-refractivity contribution in [2.75, 3.05) is 26.2 Å². The summed E-state index contributed by atoms with van der Waals surface area (Å²) in [6.45, 7) is 2.96. The zero-order valence-corrected chi connectivity index (χ0v) is 14.1. The van der Waals surface area contributed by atoms with Crippen molar-refractivity contribution >= 4 is 6.03 Å². The predicted octanol–water partition coefficient (Wildman–Crippen LogP) is 2.52. The van der Waals surface area contributed by atoms with Gasteiger partial charge in [-0.05, 0) is 31.0 Å². The molecule has 0 aliphatic carbocycles. The number of hydrogen-bond donors (Lipinski definition) is 1. The van der Waals surface area contributed by atoms with Crippen LogP contribution in [0.5, 0.6) is 5.75 Å². The van der Waals surface area contributed by atoms with Crippen LogP contribution in [0.3, 0.4) is 0 Å². The number of halogens is 1. The molecule has 1 N–H and O–H groups in total. The van der Waals surface area contributed by atoms with Crippen molar-refractivity contribution in [1.82, 2.24) is 20.0 Å². The maximum absolute atomic E-state index is 13.6. The summed E-state index contributed by atoms with van der Waals surface area (Å²) in [6, 6.07) is 8.18. The highest BCUT2D eigenvalue weighted by Crippen LogP contribution is 2.20. The van der Waals surface area contributed by atoms with Crippen molar-refractivity contribution in [2.24, 2.45) is 5.92 Å². The maximum atomic E-state index is 13.6. The SMILES string of the molecule is O=C(NCCn1cccn1)N1CCC[C@H](COc2ccccc2F)C1. The van der Waals surface area contributed by atoms with E-state index >= 15 is 0 Å². The second-order valence-electron chi connectivity index (χ2n) is 6.20. The van der Waals surface area contributed by atoms with E-state index in [2.05, 4.69) is 10.4 Å². The number of nitrogens with zero attached hydrogens (tertiary/aromatic N) is 3. The molecule has 7 heteroatoms. The monoisotopic (exact) mass is 346 g/mol. The smallest absolute Gasteiger partial charge is 0.317 e. The largest absolute Gasteiger partial charge is 0.490 e. The number of rotatable bonds is 6. The Morgan fingerprint density at radius 1 is 1.36 bits per heavy atom. The van der Waals surface area contributed by atoms with Gasteiger partial charge >= 0.3 is 6.03 Å². The second kappa shape index (κ2) is 8.50. The second-order valence-corrected chi connectivity index (χ2v) is 6.20. The lowest BCUT2D eigenvalue weighted by Crippen LogP contribution is -2.47. The quantitative estimate of drug-likeness (QED) is 0.874. The number of nitrogens with one attached hydrogen (secondary N) is 1. The molecule has 6 nitrogen and oxygen atoms in total. The number of benzene rings is 1. The van der Waals surface area contributed by atoms with Crippen LogP contribution in [0.25, 0.3) is 0 Å². The Kier molecular flexibility index (Phi) is 5.87. The Morgan fingerprint density at radius 3 is 3.04 bits per heavy atom. The molecule has 3 rings (SSSR count). The third kappa shape index (κ3) is 4.95. The molecule has 1 saturated heterocycles. The summed E-state index contributed by atoms with van der Waals surface area (Å²) >= 11 is 0. The van der Waals surface area contributed by atoms with Crippen molar-refractivity contribution in [3.8, 4) is 5.75 Å². The van der Waals surface area contributed by atoms with Crippen molar-refractivity contribution in [2.45, 2.75) is 19.4 Å². The van der Waals surface area contributed by atoms with E-state index in [4.69, 9.17) is 4.74 Å². The lowest BCUT2D eigenvalue weighted by atomic mass is 9.99. The van der Waals surface area contributed by atoms with E-state index in [-0.39, 0.29) is 23.5 Å². The number of hydrogen-bond acceptors (Lipinski definition) is 3. The van der Waals surface area contributed by atoms with Gasteiger partial charge in [-0.2, -0.15) is 5.10 Å². The van der Waals surface area contributed by atoms with Gasteiger partial charge in [-0.15, -0.1) is 0 Å². The molecule has 1 fully saturated rings. The first-order chi connectivity index (χ1) is 12.2. The first-order valence-corrected chi connectivity index (χ1v) is 8.60. The molecule has 2 amide bonds. The summed E-state index contributed by atoms with van der Waals surface area (Å²) in [5.41, 5.74) is 0. The van der Waals surface area contributed by atoms with Crippen LogP contribution in [0.2, 0.25) is 0 Å². The van der Waals surface area contributed by atoms with Gasteiger partial charge in [0.2, 0.25) is 0 Å². The number of amides is 2. The molecule has 1 aliphatic heterocycles. The standard InChI is InChI=1S/C18H23FN4O2/c19-16-6-1-2-7-17(16)25-14-15-5-3-10-22(13-15)18(24)20-9-12-23-11-4-8-21-23/h1-2,4,6-8,11,15H,3,5,9-10,12-14H2,(H,20,24)/t15-/m0/s1. The zero-order chi connectivity index (χ0) is 17.5. The molecule has 1 aliphatic rings. The number of likely N-dealkylation sites (tertiary alicyclic amines) is 1. The fourth-order valence-electron chi connectivity index (χ4n) is 2.98. The summed E-state index contributed by atoms with van der Waals surface area (Å²) < 4.78 is 21.0. The van der Waals surface area contributed by atoms with Gasteiger partial charge in [0.25, 0.3) is 0 Å². The lowest BCUT2D eigenvalue weighted by Gasteiger charge is -2.32. The van der Waals surface area contributed by atoms with E-state index in [1.807, 2.05) is 17.2 Å². The number of urea groups is 1. The van der Waals surface area contributed by atoms with Crippen LogP contribution in [0, 0.1) is 11.7 Å². The van der Waals surface area contributed by atoms with Gasteiger partial charge in [0.15, 0.2) is 11.6 Å². The molecular weight excluding hydrogens is 323 g/mol. The summed E-state index contributed by atoms with van der Waals surface area (Å²) in [5.74, 6) is 0.125. The molecule has 1 aromatic heterocycles. The minimum absolute atomic E-state index is 0.0669. The average molecular weight is 346 g/mol. The number of aromatic nitrogens is 2. The highest BCUT2D eigenvalue weighted by molar-refractivity contribution is 5.74. The van der Waals surface area contributed by atoms with E-state index in [1.54, 1.807) is 29.1 Å². The molecule has 134 valence electrons. The molecule has 0 bridgehead atoms. The first-order valence-electron chi connectivity index (χ1n) is 8.60. The van der Waals surface area contributed by atoms with E-state index < -0.39 is 0 Å². The van der Waals surface area contributed by atoms with E-state index in [0.29, 0.717) is 26.2 Å². The number of ether oxygens (including phenoxy) is 1. The van der Waals surface area contributed by atoms with Crippen molar-refractivity contribution < 1.29 is 13.9 Å². The molecule has 25 heavy (non-hydrogen) atoms. The summed E-state index contributed by atoms with van der Waals surface area (Å²) in [5, 5.41) is 7.02. The Labute approximate surface area is 146 Å². The summed E-state index contributed by atoms with van der Waals surface area (Å²) in [4.78, 5) is 14.1. The molecule has 1 atom stereocenters. The van der Waals surface area contributed by atoms with Crippen LogP contribution < -0.4 is 10.1 Å². The lowest BCUT2D eigenvalue weighted by molar-refractivity contribution is 0.135. The number of carbonyl (C=O) groups is 1. The third-order valence-corrected chi connectivity index (χ3v) is 4.29. The van der Waals surface area contributed by atoms with Gasteiger partial charge in [0.05, 0.1) is 13.2 Å². The third-order valence-electron chi connectivity index (χ3n) is 4.29. The number of carbonyl (C=O) groups excluding carboxylic acids is 1. The number of para-hydroxylation sites is 1. The molecule has 2 heterocycles. The number of piperidine rings is 1. The Morgan fingerprint density at radius 2 is 2.24 bits per heavy atom.